The Hall–Kier alpha value is -2.89. The minimum Gasteiger partial charge on any atom is -0.493 e. The second-order valence-corrected chi connectivity index (χ2v) is 4.78. The molecule has 0 atom stereocenters. The number of ether oxygens (including phenoxy) is 3. The summed E-state index contributed by atoms with van der Waals surface area (Å²) in [6.45, 7) is 0.503. The van der Waals surface area contributed by atoms with E-state index in [1.807, 2.05) is 0 Å². The molecule has 1 aliphatic rings. The van der Waals surface area contributed by atoms with Crippen LogP contribution in [0.1, 0.15) is 6.42 Å². The van der Waals surface area contributed by atoms with Crippen molar-refractivity contribution in [3.8, 4) is 17.2 Å². The summed E-state index contributed by atoms with van der Waals surface area (Å²) in [5, 5.41) is 2.78. The number of nitrogens with one attached hydrogen (secondary N) is 1. The summed E-state index contributed by atoms with van der Waals surface area (Å²) in [5.74, 6) is 1.88. The average Bonchev–Trinajstić information content (AvgIpc) is 2.97. The molecule has 1 amide bonds. The second kappa shape index (κ2) is 6.26. The van der Waals surface area contributed by atoms with Crippen molar-refractivity contribution in [1.29, 1.82) is 0 Å². The van der Waals surface area contributed by atoms with Gasteiger partial charge in [0.05, 0.1) is 13.0 Å². The third-order valence-corrected chi connectivity index (χ3v) is 3.14. The summed E-state index contributed by atoms with van der Waals surface area (Å²) in [6.07, 6.45) is 0.249. The number of carbonyl (C=O) groups excluding carboxylic acids is 1. The number of carbonyl (C=O) groups is 1. The number of benzene rings is 2. The summed E-state index contributed by atoms with van der Waals surface area (Å²) >= 11 is 0. The first-order valence-electron chi connectivity index (χ1n) is 6.88. The fraction of sp³-hybridized carbons (Fsp3) is 0.188. The number of rotatable bonds is 5. The Morgan fingerprint density at radius 2 is 1.91 bits per heavy atom. The maximum atomic E-state index is 11.8. The first kappa shape index (κ1) is 14.1. The number of hydrogen-bond donors (Lipinski definition) is 2. The van der Waals surface area contributed by atoms with Gasteiger partial charge in [-0.3, -0.25) is 4.79 Å². The van der Waals surface area contributed by atoms with Crippen LogP contribution in [0.5, 0.6) is 17.2 Å². The van der Waals surface area contributed by atoms with Gasteiger partial charge in [-0.2, -0.15) is 0 Å². The van der Waals surface area contributed by atoms with Gasteiger partial charge < -0.3 is 25.3 Å². The Labute approximate surface area is 127 Å². The molecule has 6 heteroatoms. The lowest BCUT2D eigenvalue weighted by Crippen LogP contribution is -2.15. The summed E-state index contributed by atoms with van der Waals surface area (Å²) < 4.78 is 16.0. The van der Waals surface area contributed by atoms with Crippen LogP contribution in [0.4, 0.5) is 11.4 Å². The molecule has 0 aromatic heterocycles. The van der Waals surface area contributed by atoms with E-state index in [1.165, 1.54) is 0 Å². The van der Waals surface area contributed by atoms with E-state index in [4.69, 9.17) is 19.9 Å². The van der Waals surface area contributed by atoms with Crippen molar-refractivity contribution in [3.63, 3.8) is 0 Å². The van der Waals surface area contributed by atoms with Crippen molar-refractivity contribution in [2.75, 3.05) is 24.5 Å². The van der Waals surface area contributed by atoms with Gasteiger partial charge in [0.2, 0.25) is 12.7 Å². The van der Waals surface area contributed by atoms with E-state index in [0.29, 0.717) is 28.6 Å². The zero-order valence-electron chi connectivity index (χ0n) is 11.9. The standard InChI is InChI=1S/C16H16N2O4/c17-11-1-3-12(4-2-11)18-16(19)7-8-20-13-5-6-14-15(9-13)22-10-21-14/h1-6,9H,7-8,10,17H2,(H,18,19). The number of anilines is 2. The molecule has 3 N–H and O–H groups in total. The predicted octanol–water partition coefficient (Wildman–Crippen LogP) is 2.41. The van der Waals surface area contributed by atoms with E-state index in [1.54, 1.807) is 42.5 Å². The van der Waals surface area contributed by atoms with Gasteiger partial charge in [0.1, 0.15) is 5.75 Å². The van der Waals surface area contributed by atoms with Gasteiger partial charge in [-0.1, -0.05) is 0 Å². The van der Waals surface area contributed by atoms with Crippen molar-refractivity contribution in [2.45, 2.75) is 6.42 Å². The highest BCUT2D eigenvalue weighted by Gasteiger charge is 2.13. The molecule has 1 aliphatic heterocycles. The van der Waals surface area contributed by atoms with E-state index in [-0.39, 0.29) is 25.7 Å². The molecule has 0 spiro atoms. The predicted molar refractivity (Wildman–Crippen MR) is 82.2 cm³/mol. The highest BCUT2D eigenvalue weighted by Crippen LogP contribution is 2.35. The Morgan fingerprint density at radius 3 is 2.73 bits per heavy atom. The van der Waals surface area contributed by atoms with E-state index < -0.39 is 0 Å². The van der Waals surface area contributed by atoms with E-state index in [9.17, 15) is 4.79 Å². The molecule has 3 rings (SSSR count). The number of nitrogens with two attached hydrogens (primary N) is 1. The van der Waals surface area contributed by atoms with Crippen LogP contribution in [0.2, 0.25) is 0 Å². The van der Waals surface area contributed by atoms with Gasteiger partial charge in [-0.25, -0.2) is 0 Å². The number of amides is 1. The van der Waals surface area contributed by atoms with Gasteiger partial charge in [-0.05, 0) is 36.4 Å². The van der Waals surface area contributed by atoms with Gasteiger partial charge >= 0.3 is 0 Å². The van der Waals surface area contributed by atoms with Crippen molar-refractivity contribution in [1.82, 2.24) is 0 Å². The first-order chi connectivity index (χ1) is 10.7. The molecule has 0 saturated heterocycles. The maximum Gasteiger partial charge on any atom is 0.231 e. The number of nitrogen functional groups attached to an aromatic ring is 1. The number of fused-ring (bicyclic) bond motifs is 1. The molecule has 114 valence electrons. The van der Waals surface area contributed by atoms with E-state index in [2.05, 4.69) is 5.32 Å². The topological polar surface area (TPSA) is 82.8 Å². The van der Waals surface area contributed by atoms with Gasteiger partial charge in [0.15, 0.2) is 11.5 Å². The van der Waals surface area contributed by atoms with Gasteiger partial charge in [0, 0.05) is 17.4 Å². The highest BCUT2D eigenvalue weighted by molar-refractivity contribution is 5.90. The third-order valence-electron chi connectivity index (χ3n) is 3.14. The minimum atomic E-state index is -0.120. The molecular formula is C16H16N2O4. The first-order valence-corrected chi connectivity index (χ1v) is 6.88. The Kier molecular flexibility index (Phi) is 4.00. The molecule has 6 nitrogen and oxygen atoms in total. The van der Waals surface area contributed by atoms with Crippen molar-refractivity contribution >= 4 is 17.3 Å². The monoisotopic (exact) mass is 300 g/mol. The average molecular weight is 300 g/mol. The Morgan fingerprint density at radius 1 is 1.14 bits per heavy atom. The molecule has 2 aromatic rings. The maximum absolute atomic E-state index is 11.8. The summed E-state index contributed by atoms with van der Waals surface area (Å²) in [7, 11) is 0. The lowest BCUT2D eigenvalue weighted by Gasteiger charge is -2.08. The lowest BCUT2D eigenvalue weighted by atomic mass is 10.3. The lowest BCUT2D eigenvalue weighted by molar-refractivity contribution is -0.116. The smallest absolute Gasteiger partial charge is 0.231 e. The molecule has 22 heavy (non-hydrogen) atoms. The van der Waals surface area contributed by atoms with Crippen LogP contribution in [-0.4, -0.2) is 19.3 Å². The summed E-state index contributed by atoms with van der Waals surface area (Å²) in [4.78, 5) is 11.8. The summed E-state index contributed by atoms with van der Waals surface area (Å²) in [6, 6.07) is 12.3. The van der Waals surface area contributed by atoms with Crippen LogP contribution in [0.25, 0.3) is 0 Å². The van der Waals surface area contributed by atoms with Crippen molar-refractivity contribution in [2.24, 2.45) is 0 Å². The molecule has 0 aliphatic carbocycles. The fourth-order valence-corrected chi connectivity index (χ4v) is 2.02. The Bertz CT molecular complexity index is 670. The minimum absolute atomic E-state index is 0.120. The van der Waals surface area contributed by atoms with Crippen LogP contribution in [0, 0.1) is 0 Å². The molecule has 0 radical (unpaired) electrons. The Balaban J connectivity index is 1.46. The van der Waals surface area contributed by atoms with Gasteiger partial charge in [0.25, 0.3) is 0 Å². The SMILES string of the molecule is Nc1ccc(NC(=O)CCOc2ccc3c(c2)OCO3)cc1. The second-order valence-electron chi connectivity index (χ2n) is 4.78. The molecule has 0 saturated carbocycles. The van der Waals surface area contributed by atoms with Crippen LogP contribution >= 0.6 is 0 Å². The summed E-state index contributed by atoms with van der Waals surface area (Å²) in [5.41, 5.74) is 6.96. The zero-order chi connectivity index (χ0) is 15.4. The quantitative estimate of drug-likeness (QED) is 0.829. The van der Waals surface area contributed by atoms with Crippen molar-refractivity contribution < 1.29 is 19.0 Å². The van der Waals surface area contributed by atoms with Gasteiger partial charge in [-0.15, -0.1) is 0 Å². The zero-order valence-corrected chi connectivity index (χ0v) is 11.9. The van der Waals surface area contributed by atoms with E-state index in [0.717, 1.165) is 0 Å². The number of hydrogen-bond acceptors (Lipinski definition) is 5. The molecule has 1 heterocycles. The molecular weight excluding hydrogens is 284 g/mol. The largest absolute Gasteiger partial charge is 0.493 e. The fourth-order valence-electron chi connectivity index (χ4n) is 2.02. The van der Waals surface area contributed by atoms with E-state index >= 15 is 0 Å². The van der Waals surface area contributed by atoms with Crippen LogP contribution in [0.15, 0.2) is 42.5 Å². The molecule has 0 bridgehead atoms. The highest BCUT2D eigenvalue weighted by atomic mass is 16.7. The molecule has 0 fully saturated rings. The van der Waals surface area contributed by atoms with Crippen LogP contribution in [-0.2, 0) is 4.79 Å². The molecule has 0 unspecified atom stereocenters. The van der Waals surface area contributed by atoms with Crippen LogP contribution < -0.4 is 25.3 Å². The van der Waals surface area contributed by atoms with Crippen molar-refractivity contribution in [3.05, 3.63) is 42.5 Å². The van der Waals surface area contributed by atoms with Crippen LogP contribution in [0.3, 0.4) is 0 Å². The molecule has 2 aromatic carbocycles. The normalized spacial score (nSPS) is 12.0. The third kappa shape index (κ3) is 3.41.